The van der Waals surface area contributed by atoms with Crippen molar-refractivity contribution in [1.82, 2.24) is 4.98 Å². The molecule has 3 N–H and O–H groups in total. The van der Waals surface area contributed by atoms with E-state index in [1.807, 2.05) is 24.4 Å². The number of nitrogens with zero attached hydrogens (tertiary/aromatic N) is 1. The molecule has 9 heteroatoms. The molecular weight excluding hydrogens is 330 g/mol. The molecule has 0 saturated heterocycles. The van der Waals surface area contributed by atoms with E-state index < -0.39 is 10.0 Å². The highest BCUT2D eigenvalue weighted by Crippen LogP contribution is 2.30. The van der Waals surface area contributed by atoms with Gasteiger partial charge in [0.2, 0.25) is 10.0 Å². The quantitative estimate of drug-likeness (QED) is 0.713. The van der Waals surface area contributed by atoms with Gasteiger partial charge in [-0.2, -0.15) is 0 Å². The van der Waals surface area contributed by atoms with Crippen molar-refractivity contribution in [3.8, 4) is 10.6 Å². The third-order valence-corrected chi connectivity index (χ3v) is 5.79. The van der Waals surface area contributed by atoms with Crippen molar-refractivity contribution in [3.05, 3.63) is 22.4 Å². The molecule has 21 heavy (non-hydrogen) atoms. The summed E-state index contributed by atoms with van der Waals surface area (Å²) in [5, 5.41) is 2.19. The van der Waals surface area contributed by atoms with Crippen molar-refractivity contribution in [1.29, 1.82) is 0 Å². The summed E-state index contributed by atoms with van der Waals surface area (Å²) in [6.45, 7) is 2.99. The van der Waals surface area contributed by atoms with Gasteiger partial charge in [-0.05, 0) is 19.1 Å². The average Bonchev–Trinajstić information content (AvgIpc) is 3.06. The zero-order valence-corrected chi connectivity index (χ0v) is 14.0. The average molecular weight is 347 g/mol. The first-order valence-electron chi connectivity index (χ1n) is 6.37. The van der Waals surface area contributed by atoms with Crippen LogP contribution >= 0.6 is 22.7 Å². The van der Waals surface area contributed by atoms with Gasteiger partial charge < -0.3 is 10.5 Å². The van der Waals surface area contributed by atoms with Gasteiger partial charge in [0.05, 0.1) is 22.9 Å². The highest BCUT2D eigenvalue weighted by atomic mass is 32.2. The van der Waals surface area contributed by atoms with Gasteiger partial charge in [0.15, 0.2) is 5.13 Å². The van der Waals surface area contributed by atoms with E-state index >= 15 is 0 Å². The molecule has 0 aliphatic heterocycles. The molecule has 0 atom stereocenters. The maximum atomic E-state index is 11.8. The van der Waals surface area contributed by atoms with E-state index in [4.69, 9.17) is 10.5 Å². The number of thiophene rings is 1. The van der Waals surface area contributed by atoms with E-state index in [0.717, 1.165) is 15.4 Å². The summed E-state index contributed by atoms with van der Waals surface area (Å²) in [7, 11) is -3.42. The summed E-state index contributed by atoms with van der Waals surface area (Å²) >= 11 is 2.82. The van der Waals surface area contributed by atoms with Crippen LogP contribution in [0, 0.1) is 0 Å². The Hall–Kier alpha value is -1.00. The fourth-order valence-corrected chi connectivity index (χ4v) is 4.36. The predicted octanol–water partition coefficient (Wildman–Crippen LogP) is 2.11. The molecular formula is C12H17N3O3S3. The number of hydrogen-bond acceptors (Lipinski definition) is 7. The van der Waals surface area contributed by atoms with Crippen molar-refractivity contribution in [2.45, 2.75) is 13.5 Å². The van der Waals surface area contributed by atoms with Gasteiger partial charge >= 0.3 is 0 Å². The number of rotatable bonds is 8. The fraction of sp³-hybridized carbons (Fsp3) is 0.417. The van der Waals surface area contributed by atoms with Crippen molar-refractivity contribution >= 4 is 37.8 Å². The predicted molar refractivity (Wildman–Crippen MR) is 87.2 cm³/mol. The first kappa shape index (κ1) is 16.4. The van der Waals surface area contributed by atoms with E-state index in [-0.39, 0.29) is 12.4 Å². The molecule has 0 fully saturated rings. The number of thiazole rings is 1. The normalized spacial score (nSPS) is 11.7. The lowest BCUT2D eigenvalue weighted by molar-refractivity contribution is 0.163. The van der Waals surface area contributed by atoms with Gasteiger partial charge in [-0.25, -0.2) is 13.4 Å². The third kappa shape index (κ3) is 4.75. The maximum Gasteiger partial charge on any atom is 0.236 e. The van der Waals surface area contributed by atoms with Crippen molar-refractivity contribution in [3.63, 3.8) is 0 Å². The van der Waals surface area contributed by atoms with Crippen LogP contribution < -0.4 is 10.5 Å². The van der Waals surface area contributed by atoms with E-state index in [9.17, 15) is 8.42 Å². The molecule has 0 amide bonds. The summed E-state index contributed by atoms with van der Waals surface area (Å²) in [6, 6.07) is 3.89. The Labute approximate surface area is 132 Å². The molecule has 2 aromatic heterocycles. The minimum atomic E-state index is -3.42. The van der Waals surface area contributed by atoms with Gasteiger partial charge in [-0.1, -0.05) is 0 Å². The topological polar surface area (TPSA) is 94.3 Å². The summed E-state index contributed by atoms with van der Waals surface area (Å²) in [5.41, 5.74) is 6.33. The Morgan fingerprint density at radius 3 is 2.90 bits per heavy atom. The lowest BCUT2D eigenvalue weighted by atomic mass is 10.4. The Morgan fingerprint density at radius 2 is 2.24 bits per heavy atom. The largest absolute Gasteiger partial charge is 0.381 e. The second-order valence-electron chi connectivity index (χ2n) is 4.13. The zero-order valence-electron chi connectivity index (χ0n) is 11.5. The van der Waals surface area contributed by atoms with Crippen LogP contribution in [-0.4, -0.2) is 32.4 Å². The molecule has 0 aromatic carbocycles. The van der Waals surface area contributed by atoms with E-state index in [0.29, 0.717) is 18.3 Å². The van der Waals surface area contributed by atoms with Gasteiger partial charge in [0, 0.05) is 23.4 Å². The Morgan fingerprint density at radius 1 is 1.43 bits per heavy atom. The van der Waals surface area contributed by atoms with Crippen LogP contribution in [-0.2, 0) is 21.3 Å². The monoisotopic (exact) mass is 347 g/mol. The molecule has 2 rings (SSSR count). The molecule has 2 aromatic rings. The van der Waals surface area contributed by atoms with Gasteiger partial charge in [0.1, 0.15) is 0 Å². The van der Waals surface area contributed by atoms with E-state index in [1.165, 1.54) is 11.3 Å². The second kappa shape index (κ2) is 7.32. The Balaban J connectivity index is 2.02. The first-order chi connectivity index (χ1) is 10.0. The smallest absolute Gasteiger partial charge is 0.236 e. The Kier molecular flexibility index (Phi) is 5.71. The number of sulfonamides is 1. The highest BCUT2D eigenvalue weighted by Gasteiger charge is 2.14. The van der Waals surface area contributed by atoms with Crippen LogP contribution in [0.25, 0.3) is 10.6 Å². The first-order valence-corrected chi connectivity index (χ1v) is 9.72. The second-order valence-corrected chi connectivity index (χ2v) is 7.99. The molecule has 0 spiro atoms. The van der Waals surface area contributed by atoms with Crippen LogP contribution in [0.2, 0.25) is 0 Å². The number of hydrogen-bond donors (Lipinski definition) is 2. The molecule has 0 aliphatic rings. The van der Waals surface area contributed by atoms with Gasteiger partial charge in [0.25, 0.3) is 0 Å². The minimum Gasteiger partial charge on any atom is -0.381 e. The lowest BCUT2D eigenvalue weighted by Gasteiger charge is -2.04. The van der Waals surface area contributed by atoms with Crippen LogP contribution in [0.1, 0.15) is 11.8 Å². The third-order valence-electron chi connectivity index (χ3n) is 2.56. The van der Waals surface area contributed by atoms with E-state index in [1.54, 1.807) is 11.3 Å². The van der Waals surface area contributed by atoms with Crippen molar-refractivity contribution in [2.24, 2.45) is 5.73 Å². The van der Waals surface area contributed by atoms with Crippen LogP contribution in [0.15, 0.2) is 17.5 Å². The number of nitrogens with one attached hydrogen (secondary N) is 1. The molecule has 0 bridgehead atoms. The number of ether oxygens (including phenoxy) is 1. The van der Waals surface area contributed by atoms with Crippen LogP contribution in [0.4, 0.5) is 5.13 Å². The fourth-order valence-electron chi connectivity index (χ4n) is 1.56. The SMILES string of the molecule is CCOCCS(=O)(=O)Nc1nc(-c2ccc(CN)s2)cs1. The lowest BCUT2D eigenvalue weighted by Crippen LogP contribution is -2.20. The van der Waals surface area contributed by atoms with Crippen molar-refractivity contribution < 1.29 is 13.2 Å². The standard InChI is InChI=1S/C12H17N3O3S3/c1-2-18-5-6-21(16,17)15-12-14-10(8-19-12)11-4-3-9(7-13)20-11/h3-4,8H,2,5-7,13H2,1H3,(H,14,15). The van der Waals surface area contributed by atoms with Gasteiger partial charge in [-0.15, -0.1) is 22.7 Å². The van der Waals surface area contributed by atoms with Gasteiger partial charge in [-0.3, -0.25) is 4.72 Å². The van der Waals surface area contributed by atoms with Crippen molar-refractivity contribution in [2.75, 3.05) is 23.7 Å². The summed E-state index contributed by atoms with van der Waals surface area (Å²) in [5.74, 6) is -0.0773. The molecule has 0 saturated carbocycles. The summed E-state index contributed by atoms with van der Waals surface area (Å²) in [4.78, 5) is 6.34. The van der Waals surface area contributed by atoms with Crippen LogP contribution in [0.5, 0.6) is 0 Å². The molecule has 0 aliphatic carbocycles. The summed E-state index contributed by atoms with van der Waals surface area (Å²) in [6.07, 6.45) is 0. The minimum absolute atomic E-state index is 0.0773. The van der Waals surface area contributed by atoms with E-state index in [2.05, 4.69) is 9.71 Å². The highest BCUT2D eigenvalue weighted by molar-refractivity contribution is 7.92. The Bertz CT molecular complexity index is 679. The number of nitrogens with two attached hydrogens (primary N) is 1. The number of aromatic nitrogens is 1. The molecule has 2 heterocycles. The molecule has 0 unspecified atom stereocenters. The zero-order chi connectivity index (χ0) is 15.3. The molecule has 0 radical (unpaired) electrons. The molecule has 116 valence electrons. The summed E-state index contributed by atoms with van der Waals surface area (Å²) < 4.78 is 31.2. The maximum absolute atomic E-state index is 11.8. The number of anilines is 1. The van der Waals surface area contributed by atoms with Crippen LogP contribution in [0.3, 0.4) is 0 Å². The molecule has 6 nitrogen and oxygen atoms in total.